The number of carbonyl (C=O) groups is 1. The monoisotopic (exact) mass is 579 g/mol. The van der Waals surface area contributed by atoms with E-state index in [1.165, 1.54) is 24.6 Å². The van der Waals surface area contributed by atoms with Crippen LogP contribution in [0.3, 0.4) is 0 Å². The number of aromatic amines is 1. The lowest BCUT2D eigenvalue weighted by Gasteiger charge is -2.48. The van der Waals surface area contributed by atoms with Gasteiger partial charge in [0, 0.05) is 65.1 Å². The van der Waals surface area contributed by atoms with E-state index in [1.54, 1.807) is 6.20 Å². The molecule has 3 aromatic rings. The van der Waals surface area contributed by atoms with Crippen LogP contribution in [0.2, 0.25) is 0 Å². The Hall–Kier alpha value is -2.62. The fraction of sp³-hybridized carbons (Fsp3) is 0.594. The summed E-state index contributed by atoms with van der Waals surface area (Å²) in [6.07, 6.45) is 8.81. The Labute approximate surface area is 247 Å². The third-order valence-electron chi connectivity index (χ3n) is 8.85. The number of fused-ring (bicyclic) bond motifs is 1. The smallest absolute Gasteiger partial charge is 0.254 e. The van der Waals surface area contributed by atoms with Gasteiger partial charge in [0.1, 0.15) is 5.65 Å². The van der Waals surface area contributed by atoms with Gasteiger partial charge in [-0.05, 0) is 97.6 Å². The molecule has 2 N–H and O–H groups in total. The maximum atomic E-state index is 13.6. The Balaban J connectivity index is 1.29. The van der Waals surface area contributed by atoms with Crippen LogP contribution in [0.1, 0.15) is 86.7 Å². The van der Waals surface area contributed by atoms with Gasteiger partial charge in [-0.2, -0.15) is 0 Å². The van der Waals surface area contributed by atoms with E-state index in [0.29, 0.717) is 29.2 Å². The first-order valence-electron chi connectivity index (χ1n) is 14.9. The molecule has 3 aromatic heterocycles. The number of ether oxygens (including phenoxy) is 1. The molecule has 8 nitrogen and oxygen atoms in total. The minimum Gasteiger partial charge on any atom is -0.370 e. The lowest BCUT2D eigenvalue weighted by atomic mass is 9.80. The molecule has 1 amide bonds. The van der Waals surface area contributed by atoms with Gasteiger partial charge in [0.15, 0.2) is 0 Å². The Kier molecular flexibility index (Phi) is 8.69. The molecule has 0 radical (unpaired) electrons. The van der Waals surface area contributed by atoms with Crippen LogP contribution in [0, 0.1) is 19.8 Å². The summed E-state index contributed by atoms with van der Waals surface area (Å²) in [6.45, 7) is 14.8. The minimum atomic E-state index is -0.174. The van der Waals surface area contributed by atoms with Crippen molar-refractivity contribution in [3.8, 4) is 0 Å². The summed E-state index contributed by atoms with van der Waals surface area (Å²) in [4.78, 5) is 37.3. The highest BCUT2D eigenvalue weighted by atomic mass is 32.2. The van der Waals surface area contributed by atoms with Gasteiger partial charge in [0.25, 0.3) is 11.5 Å². The van der Waals surface area contributed by atoms with E-state index in [4.69, 9.17) is 9.72 Å². The number of amides is 1. The molecule has 9 heteroatoms. The van der Waals surface area contributed by atoms with Crippen LogP contribution < -0.4 is 10.9 Å². The molecule has 4 heterocycles. The number of hydrogen-bond donors (Lipinski definition) is 2. The third kappa shape index (κ3) is 6.27. The molecule has 0 unspecified atom stereocenters. The lowest BCUT2D eigenvalue weighted by molar-refractivity contribution is -0.137. The molecule has 1 aliphatic carbocycles. The lowest BCUT2D eigenvalue weighted by Crippen LogP contribution is -2.58. The van der Waals surface area contributed by atoms with Gasteiger partial charge in [-0.3, -0.25) is 14.5 Å². The average molecular weight is 580 g/mol. The summed E-state index contributed by atoms with van der Waals surface area (Å²) in [5, 5.41) is 3.89. The summed E-state index contributed by atoms with van der Waals surface area (Å²) in [5.41, 5.74) is 3.58. The number of aryl methyl sites for hydroxylation is 1. The SMILES string of the molecule is CSc1cc(C)[nH]c(=O)c1CNC(=O)c1c(C)n([C@H](C)C2CCC(N3CC(OC(C)(C)C)C3)CC2)c2ncccc12. The molecular weight excluding hydrogens is 534 g/mol. The van der Waals surface area contributed by atoms with Crippen molar-refractivity contribution < 1.29 is 9.53 Å². The second kappa shape index (κ2) is 11.9. The maximum absolute atomic E-state index is 13.6. The number of carbonyl (C=O) groups excluding carboxylic acids is 1. The largest absolute Gasteiger partial charge is 0.370 e. The fourth-order valence-corrected chi connectivity index (χ4v) is 7.54. The topological polar surface area (TPSA) is 92.2 Å². The van der Waals surface area contributed by atoms with E-state index in [0.717, 1.165) is 53.2 Å². The van der Waals surface area contributed by atoms with E-state index in [9.17, 15) is 9.59 Å². The number of aromatic nitrogens is 3. The molecule has 0 bridgehead atoms. The van der Waals surface area contributed by atoms with Gasteiger partial charge in [-0.1, -0.05) is 0 Å². The zero-order chi connectivity index (χ0) is 29.5. The summed E-state index contributed by atoms with van der Waals surface area (Å²) in [6, 6.07) is 6.68. The highest BCUT2D eigenvalue weighted by Gasteiger charge is 2.38. The Morgan fingerprint density at radius 3 is 2.59 bits per heavy atom. The van der Waals surface area contributed by atoms with Crippen molar-refractivity contribution in [2.24, 2.45) is 5.92 Å². The number of nitrogens with one attached hydrogen (secondary N) is 2. The van der Waals surface area contributed by atoms with Crippen molar-refractivity contribution in [2.75, 3.05) is 19.3 Å². The van der Waals surface area contributed by atoms with Crippen LogP contribution in [-0.4, -0.2) is 62.4 Å². The van der Waals surface area contributed by atoms with Crippen LogP contribution in [-0.2, 0) is 11.3 Å². The number of nitrogens with zero attached hydrogens (tertiary/aromatic N) is 3. The van der Waals surface area contributed by atoms with Crippen LogP contribution in [0.25, 0.3) is 11.0 Å². The second-order valence-corrected chi connectivity index (χ2v) is 13.7. The van der Waals surface area contributed by atoms with Crippen molar-refractivity contribution in [1.29, 1.82) is 0 Å². The van der Waals surface area contributed by atoms with Crippen molar-refractivity contribution in [3.63, 3.8) is 0 Å². The Bertz CT molecular complexity index is 1460. The van der Waals surface area contributed by atoms with Gasteiger partial charge in [-0.25, -0.2) is 4.98 Å². The molecule has 1 aliphatic heterocycles. The number of rotatable bonds is 8. The summed E-state index contributed by atoms with van der Waals surface area (Å²) in [5.74, 6) is 0.351. The fourth-order valence-electron chi connectivity index (χ4n) is 6.84. The Morgan fingerprint density at radius 2 is 1.93 bits per heavy atom. The zero-order valence-corrected chi connectivity index (χ0v) is 26.4. The predicted molar refractivity (Wildman–Crippen MR) is 166 cm³/mol. The minimum absolute atomic E-state index is 0.0825. The van der Waals surface area contributed by atoms with Crippen LogP contribution in [0.4, 0.5) is 0 Å². The maximum Gasteiger partial charge on any atom is 0.254 e. The number of hydrogen-bond acceptors (Lipinski definition) is 6. The van der Waals surface area contributed by atoms with Gasteiger partial charge >= 0.3 is 0 Å². The molecule has 1 atom stereocenters. The predicted octanol–water partition coefficient (Wildman–Crippen LogP) is 5.61. The number of likely N-dealkylation sites (tertiary alicyclic amines) is 1. The van der Waals surface area contributed by atoms with Gasteiger partial charge in [0.05, 0.1) is 17.3 Å². The van der Waals surface area contributed by atoms with Crippen molar-refractivity contribution in [2.45, 2.75) is 102 Å². The molecule has 1 saturated heterocycles. The van der Waals surface area contributed by atoms with Gasteiger partial charge in [0.2, 0.25) is 0 Å². The molecule has 2 fully saturated rings. The summed E-state index contributed by atoms with van der Waals surface area (Å²) in [7, 11) is 0. The molecule has 1 saturated carbocycles. The first-order chi connectivity index (χ1) is 19.5. The van der Waals surface area contributed by atoms with E-state index in [-0.39, 0.29) is 29.7 Å². The van der Waals surface area contributed by atoms with Crippen LogP contribution in [0.15, 0.2) is 34.1 Å². The quantitative estimate of drug-likeness (QED) is 0.337. The first-order valence-corrected chi connectivity index (χ1v) is 16.1. The van der Waals surface area contributed by atoms with Gasteiger partial charge < -0.3 is 19.6 Å². The van der Waals surface area contributed by atoms with E-state index in [1.807, 2.05) is 38.3 Å². The number of pyridine rings is 2. The average Bonchev–Trinajstić information content (AvgIpc) is 3.20. The second-order valence-electron chi connectivity index (χ2n) is 12.8. The van der Waals surface area contributed by atoms with Crippen LogP contribution in [0.5, 0.6) is 0 Å². The highest BCUT2D eigenvalue weighted by Crippen LogP contribution is 2.39. The van der Waals surface area contributed by atoms with E-state index in [2.05, 4.69) is 47.5 Å². The van der Waals surface area contributed by atoms with Crippen molar-refractivity contribution in [1.82, 2.24) is 24.8 Å². The number of thioether (sulfide) groups is 1. The highest BCUT2D eigenvalue weighted by molar-refractivity contribution is 7.98. The number of H-pyrrole nitrogens is 1. The molecule has 5 rings (SSSR count). The van der Waals surface area contributed by atoms with E-state index < -0.39 is 0 Å². The Morgan fingerprint density at radius 1 is 1.22 bits per heavy atom. The zero-order valence-electron chi connectivity index (χ0n) is 25.5. The molecular formula is C32H45N5O3S. The molecule has 41 heavy (non-hydrogen) atoms. The van der Waals surface area contributed by atoms with E-state index >= 15 is 0 Å². The third-order valence-corrected chi connectivity index (χ3v) is 9.66. The molecule has 222 valence electrons. The molecule has 0 aromatic carbocycles. The normalized spacial score (nSPS) is 21.1. The molecule has 0 spiro atoms. The van der Waals surface area contributed by atoms with Crippen molar-refractivity contribution in [3.05, 3.63) is 57.3 Å². The van der Waals surface area contributed by atoms with Crippen molar-refractivity contribution >= 4 is 28.7 Å². The first kappa shape index (κ1) is 29.9. The molecule has 2 aliphatic rings. The standard InChI is InChI=1S/C32H45N5O3S/c1-19-15-27(41-7)26(30(38)35-19)16-34-31(39)28-21(3)37(29-25(28)9-8-14-33-29)20(2)22-10-12-23(13-11-22)36-17-24(18-36)40-32(4,5)6/h8-9,14-15,20,22-24H,10-13,16-18H2,1-7H3,(H,34,39)(H,35,38)/t20-,22?,23?/m1/s1. The summed E-state index contributed by atoms with van der Waals surface area (Å²) >= 11 is 1.52. The van der Waals surface area contributed by atoms with Crippen LogP contribution >= 0.6 is 11.8 Å². The summed E-state index contributed by atoms with van der Waals surface area (Å²) < 4.78 is 8.43. The van der Waals surface area contributed by atoms with Gasteiger partial charge in [-0.15, -0.1) is 11.8 Å².